The van der Waals surface area contributed by atoms with Gasteiger partial charge >= 0.3 is 0 Å². The maximum Gasteiger partial charge on any atom is 0.124 e. The van der Waals surface area contributed by atoms with Crippen molar-refractivity contribution in [2.24, 2.45) is 0 Å². The topological polar surface area (TPSA) is 0 Å². The van der Waals surface area contributed by atoms with Crippen LogP contribution >= 0.6 is 15.9 Å². The minimum absolute atomic E-state index is 0.292. The quantitative estimate of drug-likeness (QED) is 0.747. The lowest BCUT2D eigenvalue weighted by Gasteiger charge is -2.08. The predicted octanol–water partition coefficient (Wildman–Crippen LogP) is 4.79. The van der Waals surface area contributed by atoms with Gasteiger partial charge < -0.3 is 0 Å². The molecule has 3 heteroatoms. The first-order valence-electron chi connectivity index (χ1n) is 4.98. The van der Waals surface area contributed by atoms with Crippen LogP contribution in [0.25, 0.3) is 5.57 Å². The van der Waals surface area contributed by atoms with Crippen LogP contribution in [0.5, 0.6) is 0 Å². The first-order valence-corrected chi connectivity index (χ1v) is 5.77. The van der Waals surface area contributed by atoms with Crippen LogP contribution < -0.4 is 0 Å². The fourth-order valence-electron chi connectivity index (χ4n) is 1.54. The summed E-state index contributed by atoms with van der Waals surface area (Å²) in [6.45, 7) is 3.94. The van der Waals surface area contributed by atoms with Crippen molar-refractivity contribution in [3.63, 3.8) is 0 Å². The Balaban J connectivity index is 2.40. The number of halogens is 3. The SMILES string of the molecule is C=C(c1ccc(F)cc1)c1ccc(F)cc1Br. The molecule has 0 atom stereocenters. The highest BCUT2D eigenvalue weighted by atomic mass is 79.9. The van der Waals surface area contributed by atoms with E-state index >= 15 is 0 Å². The molecule has 0 unspecified atom stereocenters. The molecule has 0 nitrogen and oxygen atoms in total. The zero-order chi connectivity index (χ0) is 12.4. The number of hydrogen-bond donors (Lipinski definition) is 0. The van der Waals surface area contributed by atoms with Gasteiger partial charge in [-0.15, -0.1) is 0 Å². The molecule has 2 rings (SSSR count). The Bertz CT molecular complexity index is 559. The minimum atomic E-state index is -0.312. The lowest BCUT2D eigenvalue weighted by atomic mass is 10.00. The molecule has 86 valence electrons. The van der Waals surface area contributed by atoms with Crippen molar-refractivity contribution < 1.29 is 8.78 Å². The van der Waals surface area contributed by atoms with Gasteiger partial charge in [0, 0.05) is 4.47 Å². The molecule has 0 bridgehead atoms. The molecule has 2 aromatic rings. The molecule has 2 aromatic carbocycles. The molecule has 0 aromatic heterocycles. The highest BCUT2D eigenvalue weighted by Crippen LogP contribution is 2.28. The predicted molar refractivity (Wildman–Crippen MR) is 68.6 cm³/mol. The van der Waals surface area contributed by atoms with Crippen LogP contribution in [-0.4, -0.2) is 0 Å². The minimum Gasteiger partial charge on any atom is -0.207 e. The summed E-state index contributed by atoms with van der Waals surface area (Å²) in [5.41, 5.74) is 2.31. The van der Waals surface area contributed by atoms with E-state index in [-0.39, 0.29) is 11.6 Å². The maximum absolute atomic E-state index is 13.0. The molecule has 0 aliphatic rings. The molecule has 17 heavy (non-hydrogen) atoms. The second-order valence-electron chi connectivity index (χ2n) is 3.61. The normalized spacial score (nSPS) is 10.3. The first kappa shape index (κ1) is 12.0. The van der Waals surface area contributed by atoms with Crippen LogP contribution in [0.1, 0.15) is 11.1 Å². The zero-order valence-corrected chi connectivity index (χ0v) is 10.5. The second-order valence-corrected chi connectivity index (χ2v) is 4.46. The molecule has 0 fully saturated rings. The smallest absolute Gasteiger partial charge is 0.124 e. The van der Waals surface area contributed by atoms with Gasteiger partial charge in [0.05, 0.1) is 0 Å². The van der Waals surface area contributed by atoms with Gasteiger partial charge in [-0.25, -0.2) is 8.78 Å². The van der Waals surface area contributed by atoms with Crippen LogP contribution in [0.15, 0.2) is 53.5 Å². The van der Waals surface area contributed by atoms with E-state index < -0.39 is 0 Å². The van der Waals surface area contributed by atoms with Crippen molar-refractivity contribution in [2.75, 3.05) is 0 Å². The van der Waals surface area contributed by atoms with Crippen molar-refractivity contribution in [3.8, 4) is 0 Å². The zero-order valence-electron chi connectivity index (χ0n) is 8.88. The number of benzene rings is 2. The molecule has 0 amide bonds. The van der Waals surface area contributed by atoms with E-state index in [1.165, 1.54) is 24.3 Å². The third-order valence-electron chi connectivity index (χ3n) is 2.45. The largest absolute Gasteiger partial charge is 0.207 e. The molecule has 0 spiro atoms. The fourth-order valence-corrected chi connectivity index (χ4v) is 2.13. The molecule has 0 N–H and O–H groups in total. The Morgan fingerprint density at radius 3 is 2.12 bits per heavy atom. The van der Waals surface area contributed by atoms with Gasteiger partial charge in [0.25, 0.3) is 0 Å². The van der Waals surface area contributed by atoms with Crippen molar-refractivity contribution in [3.05, 3.63) is 76.3 Å². The van der Waals surface area contributed by atoms with Gasteiger partial charge in [-0.05, 0) is 41.0 Å². The molecule has 0 aliphatic heterocycles. The van der Waals surface area contributed by atoms with E-state index in [9.17, 15) is 8.78 Å². The molecule has 0 radical (unpaired) electrons. The van der Waals surface area contributed by atoms with E-state index in [2.05, 4.69) is 22.5 Å². The summed E-state index contributed by atoms with van der Waals surface area (Å²) >= 11 is 3.28. The van der Waals surface area contributed by atoms with Gasteiger partial charge in [0.1, 0.15) is 11.6 Å². The van der Waals surface area contributed by atoms with Crippen LogP contribution in [0, 0.1) is 11.6 Å². The van der Waals surface area contributed by atoms with Crippen molar-refractivity contribution in [2.45, 2.75) is 0 Å². The standard InChI is InChI=1S/C14H9BrF2/c1-9(10-2-4-11(16)5-3-10)13-7-6-12(17)8-14(13)15/h2-8H,1H2. The molecular formula is C14H9BrF2. The van der Waals surface area contributed by atoms with E-state index in [0.29, 0.717) is 4.47 Å². The summed E-state index contributed by atoms with van der Waals surface area (Å²) in [6.07, 6.45) is 0. The number of rotatable bonds is 2. The fraction of sp³-hybridized carbons (Fsp3) is 0. The lowest BCUT2D eigenvalue weighted by Crippen LogP contribution is -1.89. The Hall–Kier alpha value is -1.48. The average Bonchev–Trinajstić information content (AvgIpc) is 2.29. The van der Waals surface area contributed by atoms with Crippen molar-refractivity contribution in [1.82, 2.24) is 0 Å². The Morgan fingerprint density at radius 1 is 0.941 bits per heavy atom. The Labute approximate surface area is 107 Å². The Kier molecular flexibility index (Phi) is 3.38. The summed E-state index contributed by atoms with van der Waals surface area (Å²) in [7, 11) is 0. The van der Waals surface area contributed by atoms with E-state index in [1.54, 1.807) is 18.2 Å². The van der Waals surface area contributed by atoms with Gasteiger partial charge in [-0.1, -0.05) is 40.7 Å². The van der Waals surface area contributed by atoms with E-state index in [1.807, 2.05) is 0 Å². The van der Waals surface area contributed by atoms with Crippen molar-refractivity contribution >= 4 is 21.5 Å². The third-order valence-corrected chi connectivity index (χ3v) is 3.11. The van der Waals surface area contributed by atoms with Crippen LogP contribution in [0.2, 0.25) is 0 Å². The lowest BCUT2D eigenvalue weighted by molar-refractivity contribution is 0.627. The first-order chi connectivity index (χ1) is 8.08. The van der Waals surface area contributed by atoms with Crippen molar-refractivity contribution in [1.29, 1.82) is 0 Å². The Morgan fingerprint density at radius 2 is 1.53 bits per heavy atom. The number of hydrogen-bond acceptors (Lipinski definition) is 0. The molecule has 0 aliphatic carbocycles. The summed E-state index contributed by atoms with van der Waals surface area (Å²) < 4.78 is 26.4. The van der Waals surface area contributed by atoms with E-state index in [0.717, 1.165) is 16.7 Å². The second kappa shape index (κ2) is 4.80. The summed E-state index contributed by atoms with van der Waals surface area (Å²) in [6, 6.07) is 10.4. The summed E-state index contributed by atoms with van der Waals surface area (Å²) in [5, 5.41) is 0. The van der Waals surface area contributed by atoms with Crippen LogP contribution in [0.4, 0.5) is 8.78 Å². The summed E-state index contributed by atoms with van der Waals surface area (Å²) in [4.78, 5) is 0. The van der Waals surface area contributed by atoms with Gasteiger partial charge in [0.2, 0.25) is 0 Å². The molecule has 0 saturated carbocycles. The monoisotopic (exact) mass is 294 g/mol. The highest BCUT2D eigenvalue weighted by Gasteiger charge is 2.07. The molecular weight excluding hydrogens is 286 g/mol. The molecule has 0 heterocycles. The highest BCUT2D eigenvalue weighted by molar-refractivity contribution is 9.10. The maximum atomic E-state index is 13.0. The summed E-state index contributed by atoms with van der Waals surface area (Å²) in [5.74, 6) is -0.604. The average molecular weight is 295 g/mol. The third kappa shape index (κ3) is 2.61. The van der Waals surface area contributed by atoms with E-state index in [4.69, 9.17) is 0 Å². The van der Waals surface area contributed by atoms with Crippen LogP contribution in [-0.2, 0) is 0 Å². The van der Waals surface area contributed by atoms with Gasteiger partial charge in [-0.2, -0.15) is 0 Å². The van der Waals surface area contributed by atoms with Crippen LogP contribution in [0.3, 0.4) is 0 Å². The van der Waals surface area contributed by atoms with Gasteiger partial charge in [-0.3, -0.25) is 0 Å². The molecule has 0 saturated heterocycles. The van der Waals surface area contributed by atoms with Gasteiger partial charge in [0.15, 0.2) is 0 Å².